The van der Waals surface area contributed by atoms with Gasteiger partial charge in [0, 0.05) is 29.8 Å². The maximum atomic E-state index is 13.6. The molecule has 0 saturated heterocycles. The molecule has 0 spiro atoms. The van der Waals surface area contributed by atoms with E-state index in [1.54, 1.807) is 46.7 Å². The molecule has 0 unspecified atom stereocenters. The van der Waals surface area contributed by atoms with E-state index in [0.29, 0.717) is 23.6 Å². The standard InChI is InChI=1S/C24H22N4O3/c1-31-23(29)16-22-17-26(20-10-6-3-7-11-20)18-27(22)28(21-12-14-25-15-13-21)24(30)19-8-4-2-5-9-19/h2-15,17H,16,18H2,1H3. The van der Waals surface area contributed by atoms with Gasteiger partial charge in [-0.3, -0.25) is 19.6 Å². The van der Waals surface area contributed by atoms with E-state index in [1.807, 2.05) is 59.6 Å². The van der Waals surface area contributed by atoms with Crippen molar-refractivity contribution in [3.05, 3.63) is 103 Å². The predicted molar refractivity (Wildman–Crippen MR) is 118 cm³/mol. The highest BCUT2D eigenvalue weighted by molar-refractivity contribution is 6.05. The van der Waals surface area contributed by atoms with Crippen LogP contribution in [0.3, 0.4) is 0 Å². The first-order chi connectivity index (χ1) is 15.2. The van der Waals surface area contributed by atoms with Gasteiger partial charge >= 0.3 is 5.97 Å². The normalized spacial score (nSPS) is 13.0. The number of anilines is 2. The molecule has 0 radical (unpaired) electrons. The molecule has 0 fully saturated rings. The third-order valence-electron chi connectivity index (χ3n) is 4.93. The average molecular weight is 414 g/mol. The minimum atomic E-state index is -0.381. The van der Waals surface area contributed by atoms with Crippen LogP contribution < -0.4 is 9.91 Å². The molecule has 1 amide bonds. The lowest BCUT2D eigenvalue weighted by Crippen LogP contribution is -2.47. The van der Waals surface area contributed by atoms with Gasteiger partial charge in [-0.2, -0.15) is 0 Å². The molecule has 7 nitrogen and oxygen atoms in total. The monoisotopic (exact) mass is 414 g/mol. The number of aromatic nitrogens is 1. The second-order valence-electron chi connectivity index (χ2n) is 6.91. The van der Waals surface area contributed by atoms with Gasteiger partial charge in [0.1, 0.15) is 6.67 Å². The Balaban J connectivity index is 1.75. The summed E-state index contributed by atoms with van der Waals surface area (Å²) in [5.74, 6) is -0.592. The van der Waals surface area contributed by atoms with Crippen LogP contribution >= 0.6 is 0 Å². The van der Waals surface area contributed by atoms with Crippen molar-refractivity contribution < 1.29 is 14.3 Å². The van der Waals surface area contributed by atoms with Crippen LogP contribution in [0.15, 0.2) is 97.1 Å². The maximum Gasteiger partial charge on any atom is 0.311 e. The molecule has 0 atom stereocenters. The fourth-order valence-corrected chi connectivity index (χ4v) is 3.40. The predicted octanol–water partition coefficient (Wildman–Crippen LogP) is 3.83. The quantitative estimate of drug-likeness (QED) is 0.571. The van der Waals surface area contributed by atoms with E-state index in [2.05, 4.69) is 4.98 Å². The summed E-state index contributed by atoms with van der Waals surface area (Å²) < 4.78 is 4.89. The molecule has 0 aliphatic carbocycles. The second-order valence-corrected chi connectivity index (χ2v) is 6.91. The van der Waals surface area contributed by atoms with Crippen LogP contribution in [-0.4, -0.2) is 35.6 Å². The topological polar surface area (TPSA) is 66.0 Å². The number of hydrogen-bond donors (Lipinski definition) is 0. The molecule has 0 N–H and O–H groups in total. The Kier molecular flexibility index (Phi) is 5.93. The van der Waals surface area contributed by atoms with Crippen molar-refractivity contribution in [2.45, 2.75) is 6.42 Å². The molecule has 2 heterocycles. The lowest BCUT2D eigenvalue weighted by Gasteiger charge is -2.35. The van der Waals surface area contributed by atoms with Crippen molar-refractivity contribution in [2.75, 3.05) is 23.7 Å². The van der Waals surface area contributed by atoms with E-state index < -0.39 is 0 Å². The molecule has 1 aliphatic heterocycles. The van der Waals surface area contributed by atoms with Gasteiger partial charge in [-0.05, 0) is 36.4 Å². The van der Waals surface area contributed by atoms with Gasteiger partial charge in [0.15, 0.2) is 0 Å². The maximum absolute atomic E-state index is 13.6. The van der Waals surface area contributed by atoms with Crippen LogP contribution in [0.4, 0.5) is 11.4 Å². The highest BCUT2D eigenvalue weighted by atomic mass is 16.5. The smallest absolute Gasteiger partial charge is 0.311 e. The number of benzene rings is 2. The zero-order valence-electron chi connectivity index (χ0n) is 17.1. The largest absolute Gasteiger partial charge is 0.469 e. The Hall–Kier alpha value is -4.13. The molecule has 2 aromatic carbocycles. The van der Waals surface area contributed by atoms with Crippen LogP contribution in [0.25, 0.3) is 0 Å². The highest BCUT2D eigenvalue weighted by Gasteiger charge is 2.33. The van der Waals surface area contributed by atoms with E-state index in [9.17, 15) is 9.59 Å². The van der Waals surface area contributed by atoms with E-state index in [0.717, 1.165) is 5.69 Å². The number of hydrazine groups is 1. The van der Waals surface area contributed by atoms with Crippen molar-refractivity contribution in [2.24, 2.45) is 0 Å². The Morgan fingerprint density at radius 2 is 1.61 bits per heavy atom. The summed E-state index contributed by atoms with van der Waals surface area (Å²) in [7, 11) is 1.35. The molecule has 156 valence electrons. The first-order valence-electron chi connectivity index (χ1n) is 9.83. The van der Waals surface area contributed by atoms with E-state index in [-0.39, 0.29) is 18.3 Å². The number of carbonyl (C=O) groups is 2. The van der Waals surface area contributed by atoms with Gasteiger partial charge in [-0.25, -0.2) is 5.01 Å². The summed E-state index contributed by atoms with van der Waals surface area (Å²) in [6.45, 7) is 0.358. The lowest BCUT2D eigenvalue weighted by molar-refractivity contribution is -0.140. The molecular formula is C24H22N4O3. The molecule has 3 aromatic rings. The van der Waals surface area contributed by atoms with E-state index in [1.165, 1.54) is 7.11 Å². The van der Waals surface area contributed by atoms with Crippen LogP contribution in [0.2, 0.25) is 0 Å². The van der Waals surface area contributed by atoms with Gasteiger partial charge in [0.05, 0.1) is 24.9 Å². The van der Waals surface area contributed by atoms with E-state index in [4.69, 9.17) is 4.74 Å². The Morgan fingerprint density at radius 1 is 0.968 bits per heavy atom. The zero-order valence-corrected chi connectivity index (χ0v) is 17.1. The lowest BCUT2D eigenvalue weighted by atomic mass is 10.2. The molecule has 4 rings (SSSR count). The SMILES string of the molecule is COC(=O)CC1=CN(c2ccccc2)CN1N(C(=O)c1ccccc1)c1ccncc1. The van der Waals surface area contributed by atoms with Gasteiger partial charge in [0.25, 0.3) is 5.91 Å². The van der Waals surface area contributed by atoms with Crippen molar-refractivity contribution in [1.82, 2.24) is 9.99 Å². The van der Waals surface area contributed by atoms with Gasteiger partial charge in [-0.1, -0.05) is 36.4 Å². The summed E-state index contributed by atoms with van der Waals surface area (Å²) in [6, 6.07) is 22.4. The molecule has 0 bridgehead atoms. The van der Waals surface area contributed by atoms with Crippen molar-refractivity contribution >= 4 is 23.3 Å². The third-order valence-corrected chi connectivity index (χ3v) is 4.93. The summed E-state index contributed by atoms with van der Waals surface area (Å²) in [4.78, 5) is 31.8. The first-order valence-corrected chi connectivity index (χ1v) is 9.83. The average Bonchev–Trinajstić information content (AvgIpc) is 3.24. The number of methoxy groups -OCH3 is 1. The first kappa shape index (κ1) is 20.2. The highest BCUT2D eigenvalue weighted by Crippen LogP contribution is 2.30. The minimum Gasteiger partial charge on any atom is -0.469 e. The van der Waals surface area contributed by atoms with Crippen LogP contribution in [0, 0.1) is 0 Å². The summed E-state index contributed by atoms with van der Waals surface area (Å²) in [5, 5.41) is 3.38. The second kappa shape index (κ2) is 9.13. The van der Waals surface area contributed by atoms with Crippen LogP contribution in [0.1, 0.15) is 16.8 Å². The van der Waals surface area contributed by atoms with Crippen molar-refractivity contribution in [3.63, 3.8) is 0 Å². The van der Waals surface area contributed by atoms with Crippen LogP contribution in [0.5, 0.6) is 0 Å². The number of esters is 1. The Morgan fingerprint density at radius 3 is 2.26 bits per heavy atom. The number of nitrogens with zero attached hydrogens (tertiary/aromatic N) is 4. The number of amides is 1. The summed E-state index contributed by atoms with van der Waals surface area (Å²) >= 11 is 0. The van der Waals surface area contributed by atoms with Crippen molar-refractivity contribution in [3.8, 4) is 0 Å². The number of carbonyl (C=O) groups excluding carboxylic acids is 2. The number of ether oxygens (including phenoxy) is 1. The molecule has 0 saturated carbocycles. The molecule has 1 aromatic heterocycles. The number of pyridine rings is 1. The molecular weight excluding hydrogens is 392 g/mol. The molecule has 31 heavy (non-hydrogen) atoms. The third kappa shape index (κ3) is 4.40. The van der Waals surface area contributed by atoms with Gasteiger partial charge in [-0.15, -0.1) is 0 Å². The van der Waals surface area contributed by atoms with Gasteiger partial charge in [0.2, 0.25) is 0 Å². The van der Waals surface area contributed by atoms with Crippen LogP contribution in [-0.2, 0) is 9.53 Å². The fourth-order valence-electron chi connectivity index (χ4n) is 3.40. The Labute approximate surface area is 180 Å². The summed E-state index contributed by atoms with van der Waals surface area (Å²) in [6.07, 6.45) is 5.17. The fraction of sp³-hybridized carbons (Fsp3) is 0.125. The van der Waals surface area contributed by atoms with E-state index >= 15 is 0 Å². The number of para-hydroxylation sites is 1. The Bertz CT molecular complexity index is 1070. The van der Waals surface area contributed by atoms with Gasteiger partial charge < -0.3 is 9.64 Å². The number of rotatable bonds is 6. The molecule has 7 heteroatoms. The number of hydrogen-bond acceptors (Lipinski definition) is 6. The zero-order chi connectivity index (χ0) is 21.6. The van der Waals surface area contributed by atoms with Crippen molar-refractivity contribution in [1.29, 1.82) is 0 Å². The molecule has 1 aliphatic rings. The summed E-state index contributed by atoms with van der Waals surface area (Å²) in [5.41, 5.74) is 2.79. The minimum absolute atomic E-state index is 0.0312.